The van der Waals surface area contributed by atoms with Crippen molar-refractivity contribution >= 4 is 11.9 Å². The smallest absolute Gasteiger partial charge is 0.340 e. The van der Waals surface area contributed by atoms with Crippen LogP contribution in [-0.2, 0) is 24.3 Å². The van der Waals surface area contributed by atoms with E-state index in [2.05, 4.69) is 15.7 Å². The topological polar surface area (TPSA) is 101 Å². The number of carbonyl (C=O) groups excluding carboxylic acids is 2. The van der Waals surface area contributed by atoms with Gasteiger partial charge in [0.1, 0.15) is 5.82 Å². The second kappa shape index (κ2) is 11.2. The van der Waals surface area contributed by atoms with E-state index < -0.39 is 0 Å². The first-order valence-electron chi connectivity index (χ1n) is 12.2. The summed E-state index contributed by atoms with van der Waals surface area (Å²) >= 11 is 0. The number of nitrogens with zero attached hydrogens (tertiary/aromatic N) is 4. The molecule has 0 bridgehead atoms. The third kappa shape index (κ3) is 6.03. The fraction of sp³-hybridized carbons (Fsp3) is 0.583. The maximum Gasteiger partial charge on any atom is 0.345 e. The Kier molecular flexibility index (Phi) is 7.80. The van der Waals surface area contributed by atoms with Crippen molar-refractivity contribution in [3.05, 3.63) is 52.2 Å². The summed E-state index contributed by atoms with van der Waals surface area (Å²) in [7, 11) is 0. The molecule has 2 N–H and O–H groups in total. The maximum absolute atomic E-state index is 12.6. The van der Waals surface area contributed by atoms with Gasteiger partial charge in [-0.25, -0.2) is 14.3 Å². The van der Waals surface area contributed by atoms with E-state index in [4.69, 9.17) is 0 Å². The van der Waals surface area contributed by atoms with Crippen molar-refractivity contribution in [2.75, 3.05) is 19.6 Å². The number of rotatable bonds is 8. The van der Waals surface area contributed by atoms with E-state index in [1.807, 2.05) is 35.2 Å². The molecular formula is C24H34N6O3. The molecule has 178 valence electrons. The van der Waals surface area contributed by atoms with Gasteiger partial charge in [0, 0.05) is 45.6 Å². The zero-order valence-electron chi connectivity index (χ0n) is 19.2. The number of hydrogen-bond donors (Lipinski definition) is 2. The lowest BCUT2D eigenvalue weighted by Gasteiger charge is -2.27. The molecule has 4 rings (SSSR count). The molecular weight excluding hydrogens is 420 g/mol. The predicted octanol–water partition coefficient (Wildman–Crippen LogP) is 2.21. The van der Waals surface area contributed by atoms with Gasteiger partial charge >= 0.3 is 11.7 Å². The van der Waals surface area contributed by atoms with Crippen LogP contribution in [0.3, 0.4) is 0 Å². The normalized spacial score (nSPS) is 17.2. The van der Waals surface area contributed by atoms with Gasteiger partial charge in [-0.3, -0.25) is 9.36 Å². The fourth-order valence-electron chi connectivity index (χ4n) is 4.61. The molecule has 2 aliphatic heterocycles. The molecule has 0 spiro atoms. The second-order valence-corrected chi connectivity index (χ2v) is 8.90. The molecule has 1 aromatic heterocycles. The van der Waals surface area contributed by atoms with E-state index in [1.54, 1.807) is 4.57 Å². The number of amides is 3. The SMILES string of the molecule is O=C(NCCCn1nc2n(c1=O)CCCC2)NC(CN1CCCCCC1=O)c1ccccc1. The molecule has 9 nitrogen and oxygen atoms in total. The van der Waals surface area contributed by atoms with Gasteiger partial charge in [-0.2, -0.15) is 5.10 Å². The highest BCUT2D eigenvalue weighted by Crippen LogP contribution is 2.18. The minimum absolute atomic E-state index is 0.0552. The van der Waals surface area contributed by atoms with Crippen LogP contribution in [0, 0.1) is 0 Å². The summed E-state index contributed by atoms with van der Waals surface area (Å²) in [5.41, 5.74) is 0.917. The lowest BCUT2D eigenvalue weighted by atomic mass is 10.1. The zero-order chi connectivity index (χ0) is 23.0. The first kappa shape index (κ1) is 23.1. The van der Waals surface area contributed by atoms with Crippen molar-refractivity contribution in [1.29, 1.82) is 0 Å². The largest absolute Gasteiger partial charge is 0.345 e. The molecule has 2 aliphatic rings. The van der Waals surface area contributed by atoms with Gasteiger partial charge in [0.2, 0.25) is 5.91 Å². The molecule has 0 aliphatic carbocycles. The van der Waals surface area contributed by atoms with Crippen LogP contribution in [-0.4, -0.2) is 50.8 Å². The summed E-state index contributed by atoms with van der Waals surface area (Å²) in [6.45, 7) is 2.85. The van der Waals surface area contributed by atoms with E-state index >= 15 is 0 Å². The molecule has 1 aromatic carbocycles. The van der Waals surface area contributed by atoms with Crippen LogP contribution in [0.15, 0.2) is 35.1 Å². The van der Waals surface area contributed by atoms with Gasteiger partial charge in [0.25, 0.3) is 0 Å². The van der Waals surface area contributed by atoms with E-state index in [-0.39, 0.29) is 23.7 Å². The van der Waals surface area contributed by atoms with E-state index in [1.165, 1.54) is 4.68 Å². The molecule has 1 fully saturated rings. The minimum Gasteiger partial charge on any atom is -0.340 e. The Morgan fingerprint density at radius 1 is 1.00 bits per heavy atom. The van der Waals surface area contributed by atoms with Crippen molar-refractivity contribution < 1.29 is 9.59 Å². The summed E-state index contributed by atoms with van der Waals surface area (Å²) < 4.78 is 3.27. The average molecular weight is 455 g/mol. The molecule has 9 heteroatoms. The molecule has 1 saturated heterocycles. The molecule has 0 saturated carbocycles. The van der Waals surface area contributed by atoms with Crippen LogP contribution >= 0.6 is 0 Å². The van der Waals surface area contributed by atoms with Crippen molar-refractivity contribution in [3.8, 4) is 0 Å². The van der Waals surface area contributed by atoms with Gasteiger partial charge in [-0.05, 0) is 37.7 Å². The first-order chi connectivity index (χ1) is 16.1. The van der Waals surface area contributed by atoms with Gasteiger partial charge in [-0.1, -0.05) is 36.8 Å². The lowest BCUT2D eigenvalue weighted by molar-refractivity contribution is -0.131. The van der Waals surface area contributed by atoms with Crippen LogP contribution in [0.4, 0.5) is 4.79 Å². The Morgan fingerprint density at radius 3 is 2.61 bits per heavy atom. The number of fused-ring (bicyclic) bond motifs is 1. The number of hydrogen-bond acceptors (Lipinski definition) is 4. The number of benzene rings is 1. The Hall–Kier alpha value is -3.10. The number of carbonyl (C=O) groups is 2. The highest BCUT2D eigenvalue weighted by atomic mass is 16.2. The standard InChI is InChI=1S/C24H34N6O3/c31-22-13-5-2-7-15-28(22)18-20(19-10-3-1-4-11-19)26-23(32)25-14-9-17-30-24(33)29-16-8-6-12-21(29)27-30/h1,3-4,10-11,20H,2,5-9,12-18H2,(H2,25,26,32). The monoisotopic (exact) mass is 454 g/mol. The molecule has 3 amide bonds. The third-order valence-corrected chi connectivity index (χ3v) is 6.45. The summed E-state index contributed by atoms with van der Waals surface area (Å²) in [6.07, 6.45) is 7.13. The van der Waals surface area contributed by atoms with Crippen molar-refractivity contribution in [1.82, 2.24) is 29.9 Å². The van der Waals surface area contributed by atoms with Crippen molar-refractivity contribution in [3.63, 3.8) is 0 Å². The van der Waals surface area contributed by atoms with E-state index in [0.29, 0.717) is 32.5 Å². The summed E-state index contributed by atoms with van der Waals surface area (Å²) in [6, 6.07) is 9.20. The van der Waals surface area contributed by atoms with Gasteiger partial charge < -0.3 is 15.5 Å². The van der Waals surface area contributed by atoms with Crippen LogP contribution < -0.4 is 16.3 Å². The van der Waals surface area contributed by atoms with Crippen LogP contribution in [0.5, 0.6) is 0 Å². The van der Waals surface area contributed by atoms with Crippen LogP contribution in [0.25, 0.3) is 0 Å². The summed E-state index contributed by atoms with van der Waals surface area (Å²) in [5, 5.41) is 10.4. The van der Waals surface area contributed by atoms with Gasteiger partial charge in [0.15, 0.2) is 0 Å². The Morgan fingerprint density at radius 2 is 1.79 bits per heavy atom. The third-order valence-electron chi connectivity index (χ3n) is 6.45. The molecule has 0 radical (unpaired) electrons. The van der Waals surface area contributed by atoms with Crippen LogP contribution in [0.1, 0.15) is 62.4 Å². The van der Waals surface area contributed by atoms with Crippen molar-refractivity contribution in [2.45, 2.75) is 70.5 Å². The van der Waals surface area contributed by atoms with Gasteiger partial charge in [0.05, 0.1) is 6.04 Å². The minimum atomic E-state index is -0.282. The van der Waals surface area contributed by atoms with Gasteiger partial charge in [-0.15, -0.1) is 0 Å². The summed E-state index contributed by atoms with van der Waals surface area (Å²) in [4.78, 5) is 39.4. The zero-order valence-corrected chi connectivity index (χ0v) is 19.2. The molecule has 1 unspecified atom stereocenters. The van der Waals surface area contributed by atoms with Crippen LogP contribution in [0.2, 0.25) is 0 Å². The van der Waals surface area contributed by atoms with Crippen molar-refractivity contribution in [2.24, 2.45) is 0 Å². The Balaban J connectivity index is 1.30. The number of nitrogens with one attached hydrogen (secondary N) is 2. The Bertz CT molecular complexity index is 999. The molecule has 1 atom stereocenters. The predicted molar refractivity (Wildman–Crippen MR) is 125 cm³/mol. The second-order valence-electron chi connectivity index (χ2n) is 8.90. The number of aromatic nitrogens is 3. The number of urea groups is 1. The average Bonchev–Trinajstić information content (AvgIpc) is 3.01. The number of aryl methyl sites for hydroxylation is 2. The van der Waals surface area contributed by atoms with E-state index in [9.17, 15) is 14.4 Å². The lowest BCUT2D eigenvalue weighted by Crippen LogP contribution is -2.44. The fourth-order valence-corrected chi connectivity index (χ4v) is 4.61. The number of likely N-dealkylation sites (tertiary alicyclic amines) is 1. The molecule has 2 aromatic rings. The molecule has 33 heavy (non-hydrogen) atoms. The highest BCUT2D eigenvalue weighted by Gasteiger charge is 2.23. The summed E-state index contributed by atoms with van der Waals surface area (Å²) in [5.74, 6) is 1.02. The first-order valence-corrected chi connectivity index (χ1v) is 12.2. The van der Waals surface area contributed by atoms with E-state index in [0.717, 1.165) is 63.0 Å². The Labute approximate surface area is 194 Å². The molecule has 3 heterocycles. The maximum atomic E-state index is 12.6. The quantitative estimate of drug-likeness (QED) is 0.597. The highest BCUT2D eigenvalue weighted by molar-refractivity contribution is 5.77.